The van der Waals surface area contributed by atoms with Gasteiger partial charge in [-0.3, -0.25) is 4.79 Å². The van der Waals surface area contributed by atoms with E-state index in [1.807, 2.05) is 19.1 Å². The highest BCUT2D eigenvalue weighted by atomic mass is 32.1. The molecule has 1 aliphatic carbocycles. The first-order valence-electron chi connectivity index (χ1n) is 8.02. The summed E-state index contributed by atoms with van der Waals surface area (Å²) in [6.07, 6.45) is 6.14. The fourth-order valence-electron chi connectivity index (χ4n) is 3.18. The van der Waals surface area contributed by atoms with Crippen LogP contribution < -0.4 is 10.9 Å². The molecule has 5 nitrogen and oxygen atoms in total. The first-order chi connectivity index (χ1) is 11.2. The fraction of sp³-hybridized carbons (Fsp3) is 0.412. The maximum absolute atomic E-state index is 12.5. The van der Waals surface area contributed by atoms with Gasteiger partial charge in [0.1, 0.15) is 16.4 Å². The first kappa shape index (κ1) is 14.7. The lowest BCUT2D eigenvalue weighted by atomic mass is 9.97. The maximum atomic E-state index is 12.5. The number of hydrogen-bond donors (Lipinski definition) is 2. The van der Waals surface area contributed by atoms with Crippen molar-refractivity contribution in [1.29, 1.82) is 0 Å². The Balaban J connectivity index is 1.60. The Morgan fingerprint density at radius 2 is 2.30 bits per heavy atom. The van der Waals surface area contributed by atoms with Gasteiger partial charge in [-0.1, -0.05) is 0 Å². The van der Waals surface area contributed by atoms with Crippen LogP contribution in [0.1, 0.15) is 47.8 Å². The second-order valence-electron chi connectivity index (χ2n) is 6.02. The zero-order valence-corrected chi connectivity index (χ0v) is 13.8. The topological polar surface area (TPSA) is 70.9 Å². The zero-order valence-electron chi connectivity index (χ0n) is 13.0. The Hall–Kier alpha value is -1.92. The number of thiophene rings is 1. The molecule has 120 valence electrons. The van der Waals surface area contributed by atoms with E-state index in [4.69, 9.17) is 4.42 Å². The molecule has 0 radical (unpaired) electrons. The molecule has 2 N–H and O–H groups in total. The van der Waals surface area contributed by atoms with Crippen LogP contribution in [0.25, 0.3) is 10.2 Å². The number of aromatic amines is 1. The van der Waals surface area contributed by atoms with E-state index in [1.54, 1.807) is 17.6 Å². The summed E-state index contributed by atoms with van der Waals surface area (Å²) in [7, 11) is 0. The van der Waals surface area contributed by atoms with Crippen molar-refractivity contribution in [1.82, 2.24) is 15.3 Å². The van der Waals surface area contributed by atoms with E-state index in [9.17, 15) is 4.79 Å². The minimum Gasteiger partial charge on any atom is -0.468 e. The number of furan rings is 1. The van der Waals surface area contributed by atoms with Crippen LogP contribution in [-0.4, -0.2) is 9.97 Å². The first-order valence-corrected chi connectivity index (χ1v) is 8.84. The van der Waals surface area contributed by atoms with E-state index in [0.29, 0.717) is 12.4 Å². The van der Waals surface area contributed by atoms with Crippen LogP contribution in [0.5, 0.6) is 0 Å². The summed E-state index contributed by atoms with van der Waals surface area (Å²) < 4.78 is 5.38. The number of H-pyrrole nitrogens is 1. The number of fused-ring (bicyclic) bond motifs is 3. The molecule has 0 spiro atoms. The lowest BCUT2D eigenvalue weighted by Gasteiger charge is -2.11. The fourth-order valence-corrected chi connectivity index (χ4v) is 4.46. The Bertz CT molecular complexity index is 879. The molecule has 3 aromatic rings. The van der Waals surface area contributed by atoms with Crippen molar-refractivity contribution in [3.8, 4) is 0 Å². The summed E-state index contributed by atoms with van der Waals surface area (Å²) in [6.45, 7) is 2.54. The highest BCUT2D eigenvalue weighted by Gasteiger charge is 2.19. The normalized spacial score (nSPS) is 15.7. The monoisotopic (exact) mass is 329 g/mol. The minimum atomic E-state index is -0.00292. The van der Waals surface area contributed by atoms with Crippen LogP contribution in [0.4, 0.5) is 0 Å². The van der Waals surface area contributed by atoms with Crippen molar-refractivity contribution in [3.05, 3.63) is 50.8 Å². The molecule has 0 aliphatic heterocycles. The maximum Gasteiger partial charge on any atom is 0.259 e. The Morgan fingerprint density at radius 1 is 1.43 bits per heavy atom. The number of aromatic nitrogens is 2. The lowest BCUT2D eigenvalue weighted by Crippen LogP contribution is -2.22. The van der Waals surface area contributed by atoms with E-state index in [-0.39, 0.29) is 11.6 Å². The Kier molecular flexibility index (Phi) is 3.79. The van der Waals surface area contributed by atoms with Crippen LogP contribution in [0, 0.1) is 0 Å². The Morgan fingerprint density at radius 3 is 3.13 bits per heavy atom. The number of nitrogens with one attached hydrogen (secondary N) is 2. The molecule has 0 aromatic carbocycles. The van der Waals surface area contributed by atoms with Gasteiger partial charge < -0.3 is 14.7 Å². The van der Waals surface area contributed by atoms with Crippen LogP contribution in [-0.2, 0) is 19.4 Å². The van der Waals surface area contributed by atoms with Crippen molar-refractivity contribution in [3.63, 3.8) is 0 Å². The van der Waals surface area contributed by atoms with Gasteiger partial charge in [0.2, 0.25) is 0 Å². The molecule has 0 bridgehead atoms. The molecule has 3 aromatic heterocycles. The van der Waals surface area contributed by atoms with Gasteiger partial charge in [0.15, 0.2) is 0 Å². The van der Waals surface area contributed by atoms with Crippen molar-refractivity contribution in [2.45, 2.75) is 45.2 Å². The van der Waals surface area contributed by atoms with Gasteiger partial charge in [0.05, 0.1) is 24.2 Å². The molecule has 0 fully saturated rings. The van der Waals surface area contributed by atoms with E-state index >= 15 is 0 Å². The summed E-state index contributed by atoms with van der Waals surface area (Å²) in [5.74, 6) is 1.56. The highest BCUT2D eigenvalue weighted by Crippen LogP contribution is 2.33. The molecule has 0 amide bonds. The third-order valence-corrected chi connectivity index (χ3v) is 5.61. The molecule has 0 unspecified atom stereocenters. The van der Waals surface area contributed by atoms with Gasteiger partial charge in [0, 0.05) is 4.88 Å². The molecule has 0 saturated carbocycles. The summed E-state index contributed by atoms with van der Waals surface area (Å²) in [5.41, 5.74) is 1.23. The molecule has 0 saturated heterocycles. The molecule has 23 heavy (non-hydrogen) atoms. The average molecular weight is 329 g/mol. The van der Waals surface area contributed by atoms with Gasteiger partial charge in [-0.2, -0.15) is 0 Å². The molecule has 4 rings (SSSR count). The Labute approximate surface area is 137 Å². The average Bonchev–Trinajstić information content (AvgIpc) is 3.19. The number of rotatable bonds is 4. The summed E-state index contributed by atoms with van der Waals surface area (Å²) >= 11 is 1.68. The summed E-state index contributed by atoms with van der Waals surface area (Å²) in [5, 5.41) is 4.15. The van der Waals surface area contributed by atoms with Crippen LogP contribution in [0.3, 0.4) is 0 Å². The van der Waals surface area contributed by atoms with E-state index < -0.39 is 0 Å². The van der Waals surface area contributed by atoms with Crippen molar-refractivity contribution >= 4 is 21.6 Å². The van der Waals surface area contributed by atoms with Crippen molar-refractivity contribution in [2.24, 2.45) is 0 Å². The molecular formula is C17H19N3O2S. The van der Waals surface area contributed by atoms with E-state index in [1.165, 1.54) is 23.3 Å². The zero-order chi connectivity index (χ0) is 15.8. The van der Waals surface area contributed by atoms with Crippen molar-refractivity contribution in [2.75, 3.05) is 0 Å². The van der Waals surface area contributed by atoms with Crippen LogP contribution in [0.2, 0.25) is 0 Å². The molecule has 1 aliphatic rings. The number of hydrogen-bond acceptors (Lipinski definition) is 5. The predicted octanol–water partition coefficient (Wildman–Crippen LogP) is 3.31. The molecule has 1 atom stereocenters. The van der Waals surface area contributed by atoms with Crippen LogP contribution in [0.15, 0.2) is 27.6 Å². The van der Waals surface area contributed by atoms with Gasteiger partial charge in [-0.25, -0.2) is 4.98 Å². The van der Waals surface area contributed by atoms with Gasteiger partial charge in [0.25, 0.3) is 5.56 Å². The SMILES string of the molecule is C[C@@H](NCc1nc2sc3c(c2c(=O)[nH]1)CCCC3)c1ccco1. The second-order valence-corrected chi connectivity index (χ2v) is 7.11. The quantitative estimate of drug-likeness (QED) is 0.770. The number of aryl methyl sites for hydroxylation is 2. The van der Waals surface area contributed by atoms with Crippen molar-refractivity contribution < 1.29 is 4.42 Å². The van der Waals surface area contributed by atoms with Crippen LogP contribution >= 0.6 is 11.3 Å². The summed E-state index contributed by atoms with van der Waals surface area (Å²) in [6, 6.07) is 3.88. The van der Waals surface area contributed by atoms with E-state index in [2.05, 4.69) is 15.3 Å². The molecule has 3 heterocycles. The minimum absolute atomic E-state index is 0.00292. The lowest BCUT2D eigenvalue weighted by molar-refractivity contribution is 0.427. The van der Waals surface area contributed by atoms with E-state index in [0.717, 1.165) is 28.8 Å². The largest absolute Gasteiger partial charge is 0.468 e. The highest BCUT2D eigenvalue weighted by molar-refractivity contribution is 7.18. The standard InChI is InChI=1S/C17H19N3O2S/c1-10(12-6-4-8-22-12)18-9-14-19-16(21)15-11-5-2-3-7-13(11)23-17(15)20-14/h4,6,8,10,18H,2-3,5,7,9H2,1H3,(H,19,20,21)/t10-/m1/s1. The third kappa shape index (κ3) is 2.72. The molecular weight excluding hydrogens is 310 g/mol. The number of nitrogens with zero attached hydrogens (tertiary/aromatic N) is 1. The summed E-state index contributed by atoms with van der Waals surface area (Å²) in [4.78, 5) is 22.3. The van der Waals surface area contributed by atoms with Gasteiger partial charge >= 0.3 is 0 Å². The second kappa shape index (κ2) is 5.94. The predicted molar refractivity (Wildman–Crippen MR) is 90.8 cm³/mol. The third-order valence-electron chi connectivity index (χ3n) is 4.42. The smallest absolute Gasteiger partial charge is 0.259 e. The van der Waals surface area contributed by atoms with Gasteiger partial charge in [-0.15, -0.1) is 11.3 Å². The van der Waals surface area contributed by atoms with Gasteiger partial charge in [-0.05, 0) is 50.3 Å². The molecule has 6 heteroatoms.